The van der Waals surface area contributed by atoms with Crippen LogP contribution in [0.5, 0.6) is 5.88 Å². The second kappa shape index (κ2) is 4.98. The van der Waals surface area contributed by atoms with Gasteiger partial charge in [0.15, 0.2) is 0 Å². The average molecular weight is 210 g/mol. The lowest BCUT2D eigenvalue weighted by molar-refractivity contribution is 0.0945. The summed E-state index contributed by atoms with van der Waals surface area (Å²) in [5.74, 6) is 0.617. The van der Waals surface area contributed by atoms with Crippen molar-refractivity contribution < 1.29 is 9.84 Å². The molecule has 1 heterocycles. The molecule has 0 unspecified atom stereocenters. The highest BCUT2D eigenvalue weighted by molar-refractivity contribution is 5.42. The maximum Gasteiger partial charge on any atom is 0.213 e. The molecule has 4 nitrogen and oxygen atoms in total. The van der Waals surface area contributed by atoms with Gasteiger partial charge < -0.3 is 15.2 Å². The van der Waals surface area contributed by atoms with E-state index in [9.17, 15) is 5.11 Å². The van der Waals surface area contributed by atoms with E-state index in [-0.39, 0.29) is 0 Å². The van der Waals surface area contributed by atoms with Crippen LogP contribution in [0.2, 0.25) is 0 Å². The zero-order valence-electron chi connectivity index (χ0n) is 9.45. The van der Waals surface area contributed by atoms with E-state index in [2.05, 4.69) is 10.3 Å². The van der Waals surface area contributed by atoms with Gasteiger partial charge in [0.05, 0.1) is 24.1 Å². The Morgan fingerprint density at radius 3 is 2.67 bits per heavy atom. The lowest BCUT2D eigenvalue weighted by atomic mass is 10.1. The monoisotopic (exact) mass is 210 g/mol. The Bertz CT molecular complexity index is 290. The van der Waals surface area contributed by atoms with E-state index in [0.717, 1.165) is 5.69 Å². The molecule has 0 aliphatic rings. The molecule has 84 valence electrons. The van der Waals surface area contributed by atoms with Gasteiger partial charge >= 0.3 is 0 Å². The summed E-state index contributed by atoms with van der Waals surface area (Å²) >= 11 is 0. The number of aromatic nitrogens is 1. The van der Waals surface area contributed by atoms with E-state index in [1.807, 2.05) is 13.0 Å². The van der Waals surface area contributed by atoms with Crippen LogP contribution in [-0.2, 0) is 0 Å². The first kappa shape index (κ1) is 11.8. The first-order valence-corrected chi connectivity index (χ1v) is 5.06. The fourth-order valence-corrected chi connectivity index (χ4v) is 1.04. The highest BCUT2D eigenvalue weighted by Crippen LogP contribution is 2.12. The van der Waals surface area contributed by atoms with E-state index >= 15 is 0 Å². The minimum Gasteiger partial charge on any atom is -0.478 e. The van der Waals surface area contributed by atoms with Crippen molar-refractivity contribution in [3.63, 3.8) is 0 Å². The van der Waals surface area contributed by atoms with E-state index < -0.39 is 5.60 Å². The van der Waals surface area contributed by atoms with Crippen LogP contribution in [0.1, 0.15) is 20.8 Å². The summed E-state index contributed by atoms with van der Waals surface area (Å²) in [6.45, 7) is 6.53. The molecule has 0 aliphatic heterocycles. The molecule has 1 aromatic rings. The van der Waals surface area contributed by atoms with Crippen LogP contribution in [-0.4, -0.2) is 28.8 Å². The number of pyridine rings is 1. The molecule has 15 heavy (non-hydrogen) atoms. The molecule has 0 saturated heterocycles. The first-order chi connectivity index (χ1) is 7.01. The van der Waals surface area contributed by atoms with Gasteiger partial charge in [0.25, 0.3) is 0 Å². The smallest absolute Gasteiger partial charge is 0.213 e. The van der Waals surface area contributed by atoms with Crippen LogP contribution < -0.4 is 10.1 Å². The number of rotatable bonds is 5. The minimum absolute atomic E-state index is 0.489. The maximum absolute atomic E-state index is 9.51. The summed E-state index contributed by atoms with van der Waals surface area (Å²) in [6, 6.07) is 3.68. The Balaban J connectivity index is 2.50. The number of hydrogen-bond acceptors (Lipinski definition) is 4. The summed E-state index contributed by atoms with van der Waals surface area (Å²) in [5.41, 5.74) is 0.152. The van der Waals surface area contributed by atoms with Crippen molar-refractivity contribution in [1.29, 1.82) is 0 Å². The Morgan fingerprint density at radius 2 is 2.20 bits per heavy atom. The van der Waals surface area contributed by atoms with Gasteiger partial charge in [-0.3, -0.25) is 0 Å². The molecule has 0 spiro atoms. The topological polar surface area (TPSA) is 54.4 Å². The molecule has 0 atom stereocenters. The molecule has 1 rings (SSSR count). The number of ether oxygens (including phenoxy) is 1. The molecular weight excluding hydrogens is 192 g/mol. The van der Waals surface area contributed by atoms with Gasteiger partial charge in [-0.1, -0.05) is 0 Å². The fraction of sp³-hybridized carbons (Fsp3) is 0.545. The summed E-state index contributed by atoms with van der Waals surface area (Å²) in [6.07, 6.45) is 1.69. The van der Waals surface area contributed by atoms with Gasteiger partial charge in [-0.25, -0.2) is 4.98 Å². The van der Waals surface area contributed by atoms with Crippen LogP contribution in [0, 0.1) is 0 Å². The van der Waals surface area contributed by atoms with E-state index in [0.29, 0.717) is 19.0 Å². The quantitative estimate of drug-likeness (QED) is 0.776. The third-order valence-corrected chi connectivity index (χ3v) is 1.75. The van der Waals surface area contributed by atoms with Gasteiger partial charge in [-0.05, 0) is 26.8 Å². The van der Waals surface area contributed by atoms with Crippen molar-refractivity contribution >= 4 is 5.69 Å². The van der Waals surface area contributed by atoms with Crippen LogP contribution >= 0.6 is 0 Å². The Labute approximate surface area is 90.3 Å². The normalized spacial score (nSPS) is 11.2. The molecule has 0 saturated carbocycles. The SMILES string of the molecule is CCOc1ccc(NCC(C)(C)O)cn1. The van der Waals surface area contributed by atoms with Crippen molar-refractivity contribution in [1.82, 2.24) is 4.98 Å². The molecule has 0 bridgehead atoms. The number of aliphatic hydroxyl groups is 1. The molecule has 0 amide bonds. The average Bonchev–Trinajstić information content (AvgIpc) is 2.16. The van der Waals surface area contributed by atoms with Gasteiger partial charge in [0, 0.05) is 12.6 Å². The van der Waals surface area contributed by atoms with Gasteiger partial charge in [-0.2, -0.15) is 0 Å². The summed E-state index contributed by atoms with van der Waals surface area (Å²) in [5, 5.41) is 12.6. The van der Waals surface area contributed by atoms with Crippen LogP contribution in [0.15, 0.2) is 18.3 Å². The Morgan fingerprint density at radius 1 is 1.47 bits per heavy atom. The Kier molecular flexibility index (Phi) is 3.91. The van der Waals surface area contributed by atoms with E-state index in [1.54, 1.807) is 26.1 Å². The van der Waals surface area contributed by atoms with E-state index in [1.165, 1.54) is 0 Å². The second-order valence-electron chi connectivity index (χ2n) is 3.98. The van der Waals surface area contributed by atoms with E-state index in [4.69, 9.17) is 4.74 Å². The third kappa shape index (κ3) is 4.65. The molecule has 0 aliphatic carbocycles. The number of nitrogens with one attached hydrogen (secondary N) is 1. The highest BCUT2D eigenvalue weighted by atomic mass is 16.5. The van der Waals surface area contributed by atoms with Gasteiger partial charge in [0.1, 0.15) is 0 Å². The second-order valence-corrected chi connectivity index (χ2v) is 3.98. The van der Waals surface area contributed by atoms with Crippen molar-refractivity contribution in [3.05, 3.63) is 18.3 Å². The predicted octanol–water partition coefficient (Wildman–Crippen LogP) is 1.66. The zero-order valence-corrected chi connectivity index (χ0v) is 9.45. The standard InChI is InChI=1S/C11H18N2O2/c1-4-15-10-6-5-9(7-12-10)13-8-11(2,3)14/h5-7,13-14H,4,8H2,1-3H3. The predicted molar refractivity (Wildman–Crippen MR) is 60.2 cm³/mol. The maximum atomic E-state index is 9.51. The van der Waals surface area contributed by atoms with Crippen molar-refractivity contribution in [3.8, 4) is 5.88 Å². The molecule has 2 N–H and O–H groups in total. The molecule has 0 aromatic carbocycles. The number of nitrogens with zero attached hydrogens (tertiary/aromatic N) is 1. The lowest BCUT2D eigenvalue weighted by Crippen LogP contribution is -2.29. The third-order valence-electron chi connectivity index (χ3n) is 1.75. The minimum atomic E-state index is -0.724. The Hall–Kier alpha value is -1.29. The largest absolute Gasteiger partial charge is 0.478 e. The molecule has 0 radical (unpaired) electrons. The number of hydrogen-bond donors (Lipinski definition) is 2. The zero-order chi connectivity index (χ0) is 11.3. The summed E-state index contributed by atoms with van der Waals surface area (Å²) in [4.78, 5) is 4.10. The molecule has 4 heteroatoms. The fourth-order valence-electron chi connectivity index (χ4n) is 1.04. The molecular formula is C11H18N2O2. The summed E-state index contributed by atoms with van der Waals surface area (Å²) in [7, 11) is 0. The van der Waals surface area contributed by atoms with Crippen molar-refractivity contribution in [2.75, 3.05) is 18.5 Å². The summed E-state index contributed by atoms with van der Waals surface area (Å²) < 4.78 is 5.22. The molecule has 1 aromatic heterocycles. The van der Waals surface area contributed by atoms with Gasteiger partial charge in [0.2, 0.25) is 5.88 Å². The van der Waals surface area contributed by atoms with Crippen LogP contribution in [0.4, 0.5) is 5.69 Å². The highest BCUT2D eigenvalue weighted by Gasteiger charge is 2.11. The number of anilines is 1. The lowest BCUT2D eigenvalue weighted by Gasteiger charge is -2.18. The van der Waals surface area contributed by atoms with Gasteiger partial charge in [-0.15, -0.1) is 0 Å². The van der Waals surface area contributed by atoms with Crippen molar-refractivity contribution in [2.45, 2.75) is 26.4 Å². The van der Waals surface area contributed by atoms with Crippen molar-refractivity contribution in [2.24, 2.45) is 0 Å². The van der Waals surface area contributed by atoms with Crippen LogP contribution in [0.3, 0.4) is 0 Å². The van der Waals surface area contributed by atoms with Crippen LogP contribution in [0.25, 0.3) is 0 Å². The first-order valence-electron chi connectivity index (χ1n) is 5.06. The molecule has 0 fully saturated rings.